The summed E-state index contributed by atoms with van der Waals surface area (Å²) in [4.78, 5) is 27.0. The lowest BCUT2D eigenvalue weighted by Gasteiger charge is -2.25. The first kappa shape index (κ1) is 26.1. The van der Waals surface area contributed by atoms with Crippen LogP contribution in [0.5, 0.6) is 11.5 Å². The number of nitrogens with zero attached hydrogens (tertiary/aromatic N) is 2. The molecule has 0 fully saturated rings. The number of carbonyl (C=O) groups is 2. The molecule has 0 bridgehead atoms. The number of para-hydroxylation sites is 2. The van der Waals surface area contributed by atoms with Crippen molar-refractivity contribution in [1.82, 2.24) is 0 Å². The summed E-state index contributed by atoms with van der Waals surface area (Å²) < 4.78 is 11.4. The first-order chi connectivity index (χ1) is 18.3. The summed E-state index contributed by atoms with van der Waals surface area (Å²) in [5.41, 5.74) is 4.61. The van der Waals surface area contributed by atoms with Crippen LogP contribution in [0.25, 0.3) is 11.1 Å². The summed E-state index contributed by atoms with van der Waals surface area (Å²) in [7, 11) is 6.72. The fraction of sp³-hybridized carbons (Fsp3) is 0.133. The van der Waals surface area contributed by atoms with Crippen molar-refractivity contribution < 1.29 is 29.3 Å². The number of hydrogen-bond donors (Lipinski definition) is 2. The van der Waals surface area contributed by atoms with Crippen LogP contribution >= 0.6 is 0 Å². The summed E-state index contributed by atoms with van der Waals surface area (Å²) in [5.74, 6) is -0.876. The number of rotatable bonds is 9. The topological polar surface area (TPSA) is 99.5 Å². The molecule has 0 atom stereocenters. The molecule has 0 aliphatic carbocycles. The third kappa shape index (κ3) is 4.97. The molecule has 8 heteroatoms. The summed E-state index contributed by atoms with van der Waals surface area (Å²) in [6.07, 6.45) is 0. The van der Waals surface area contributed by atoms with Gasteiger partial charge in [0.2, 0.25) is 0 Å². The Balaban J connectivity index is 1.71. The summed E-state index contributed by atoms with van der Waals surface area (Å²) in [5, 5.41) is 19.2. The fourth-order valence-electron chi connectivity index (χ4n) is 4.42. The predicted octanol–water partition coefficient (Wildman–Crippen LogP) is 6.30. The fourth-order valence-corrected chi connectivity index (χ4v) is 4.42. The van der Waals surface area contributed by atoms with Crippen LogP contribution in [0, 0.1) is 0 Å². The highest BCUT2D eigenvalue weighted by molar-refractivity contribution is 5.97. The van der Waals surface area contributed by atoms with Gasteiger partial charge in [0.05, 0.1) is 48.1 Å². The number of aromatic carboxylic acids is 2. The molecule has 4 rings (SSSR count). The smallest absolute Gasteiger partial charge is 0.337 e. The largest absolute Gasteiger partial charge is 0.495 e. The van der Waals surface area contributed by atoms with Gasteiger partial charge in [0.1, 0.15) is 11.5 Å². The molecule has 0 unspecified atom stereocenters. The van der Waals surface area contributed by atoms with Crippen molar-refractivity contribution in [2.45, 2.75) is 0 Å². The number of methoxy groups -OCH3 is 2. The lowest BCUT2D eigenvalue weighted by molar-refractivity contribution is 0.0687. The third-order valence-electron chi connectivity index (χ3n) is 6.41. The van der Waals surface area contributed by atoms with Crippen LogP contribution in [0.2, 0.25) is 0 Å². The minimum absolute atomic E-state index is 0.190. The van der Waals surface area contributed by atoms with E-state index in [1.807, 2.05) is 36.4 Å². The van der Waals surface area contributed by atoms with Crippen molar-refractivity contribution >= 4 is 34.7 Å². The van der Waals surface area contributed by atoms with E-state index in [9.17, 15) is 19.8 Å². The van der Waals surface area contributed by atoms with Gasteiger partial charge in [-0.1, -0.05) is 36.4 Å². The molecule has 0 amide bonds. The predicted molar refractivity (Wildman–Crippen MR) is 148 cm³/mol. The van der Waals surface area contributed by atoms with Crippen LogP contribution in [0.4, 0.5) is 22.7 Å². The molecule has 8 nitrogen and oxygen atoms in total. The van der Waals surface area contributed by atoms with Crippen LogP contribution in [-0.2, 0) is 0 Å². The normalized spacial score (nSPS) is 10.5. The van der Waals surface area contributed by atoms with Crippen molar-refractivity contribution in [3.63, 3.8) is 0 Å². The van der Waals surface area contributed by atoms with Gasteiger partial charge < -0.3 is 29.5 Å². The summed E-state index contributed by atoms with van der Waals surface area (Å²) in [6, 6.07) is 25.0. The number of ether oxygens (including phenoxy) is 2. The zero-order valence-electron chi connectivity index (χ0n) is 21.5. The average Bonchev–Trinajstić information content (AvgIpc) is 2.95. The lowest BCUT2D eigenvalue weighted by atomic mass is 10.0. The molecule has 4 aromatic carbocycles. The number of carboxylic acid groups (broad SMARTS) is 2. The molecule has 0 aliphatic heterocycles. The van der Waals surface area contributed by atoms with Gasteiger partial charge in [-0.15, -0.1) is 0 Å². The van der Waals surface area contributed by atoms with Crippen LogP contribution in [0.15, 0.2) is 84.9 Å². The molecular formula is C30H28N2O6. The number of hydrogen-bond acceptors (Lipinski definition) is 6. The van der Waals surface area contributed by atoms with E-state index in [4.69, 9.17) is 9.47 Å². The van der Waals surface area contributed by atoms with Gasteiger partial charge in [-0.2, -0.15) is 0 Å². The Morgan fingerprint density at radius 1 is 0.579 bits per heavy atom. The Bertz CT molecular complexity index is 1390. The van der Waals surface area contributed by atoms with Gasteiger partial charge in [0.15, 0.2) is 0 Å². The van der Waals surface area contributed by atoms with Crippen molar-refractivity contribution in [3.05, 3.63) is 96.1 Å². The minimum Gasteiger partial charge on any atom is -0.495 e. The molecule has 0 aliphatic rings. The number of benzene rings is 4. The zero-order valence-corrected chi connectivity index (χ0v) is 21.5. The summed E-state index contributed by atoms with van der Waals surface area (Å²) in [6.45, 7) is 0. The quantitative estimate of drug-likeness (QED) is 0.269. The van der Waals surface area contributed by atoms with Gasteiger partial charge in [-0.25, -0.2) is 9.59 Å². The molecule has 38 heavy (non-hydrogen) atoms. The van der Waals surface area contributed by atoms with Crippen molar-refractivity contribution in [1.29, 1.82) is 0 Å². The molecular weight excluding hydrogens is 484 g/mol. The van der Waals surface area contributed by atoms with E-state index in [1.165, 1.54) is 0 Å². The monoisotopic (exact) mass is 512 g/mol. The maximum atomic E-state index is 11.7. The molecule has 0 heterocycles. The average molecular weight is 513 g/mol. The number of anilines is 4. The van der Waals surface area contributed by atoms with Crippen molar-refractivity contribution in [3.8, 4) is 22.6 Å². The van der Waals surface area contributed by atoms with E-state index < -0.39 is 11.9 Å². The molecule has 0 radical (unpaired) electrons. The Kier molecular flexibility index (Phi) is 7.53. The molecule has 2 N–H and O–H groups in total. The lowest BCUT2D eigenvalue weighted by Crippen LogP contribution is -2.15. The van der Waals surface area contributed by atoms with Gasteiger partial charge >= 0.3 is 11.9 Å². The molecule has 0 aromatic heterocycles. The second-order valence-electron chi connectivity index (χ2n) is 8.54. The Hall–Kier alpha value is -4.98. The first-order valence-electron chi connectivity index (χ1n) is 11.7. The van der Waals surface area contributed by atoms with Crippen molar-refractivity contribution in [2.75, 3.05) is 38.1 Å². The van der Waals surface area contributed by atoms with E-state index in [0.717, 1.165) is 11.1 Å². The van der Waals surface area contributed by atoms with Gasteiger partial charge in [0.25, 0.3) is 0 Å². The van der Waals surface area contributed by atoms with Crippen molar-refractivity contribution in [2.24, 2.45) is 0 Å². The second-order valence-corrected chi connectivity index (χ2v) is 8.54. The van der Waals surface area contributed by atoms with E-state index in [1.54, 1.807) is 86.6 Å². The zero-order chi connectivity index (χ0) is 27.4. The van der Waals surface area contributed by atoms with E-state index in [2.05, 4.69) is 0 Å². The molecule has 0 saturated carbocycles. The highest BCUT2D eigenvalue weighted by Crippen LogP contribution is 2.40. The van der Waals surface area contributed by atoms with Crippen LogP contribution in [0.1, 0.15) is 20.7 Å². The van der Waals surface area contributed by atoms with Gasteiger partial charge in [-0.3, -0.25) is 0 Å². The minimum atomic E-state index is -1.01. The van der Waals surface area contributed by atoms with E-state index in [-0.39, 0.29) is 11.1 Å². The molecule has 0 spiro atoms. The molecule has 4 aromatic rings. The highest BCUT2D eigenvalue weighted by Gasteiger charge is 2.20. The van der Waals surface area contributed by atoms with Gasteiger partial charge in [-0.05, 0) is 59.7 Å². The SMILES string of the molecule is COc1cc(-c2ccc(N(C)c3ccccc3C(=O)O)c(OC)c2)ccc1N(C)c1ccccc1C(=O)O. The third-order valence-corrected chi connectivity index (χ3v) is 6.41. The standard InChI is InChI=1S/C30H28N2O6/c1-31(23-11-7-5-9-21(23)29(33)34)25-15-13-19(17-27(25)37-3)20-14-16-26(28(18-20)38-4)32(2)24-12-8-6-10-22(24)30(35)36/h5-18H,1-4H3,(H,33,34)(H,35,36). The summed E-state index contributed by atoms with van der Waals surface area (Å²) >= 11 is 0. The van der Waals surface area contributed by atoms with E-state index >= 15 is 0 Å². The van der Waals surface area contributed by atoms with Gasteiger partial charge in [0, 0.05) is 14.1 Å². The molecule has 0 saturated heterocycles. The van der Waals surface area contributed by atoms with Crippen LogP contribution in [-0.4, -0.2) is 50.5 Å². The Morgan fingerprint density at radius 2 is 0.947 bits per heavy atom. The first-order valence-corrected chi connectivity index (χ1v) is 11.7. The molecule has 194 valence electrons. The Morgan fingerprint density at radius 3 is 1.29 bits per heavy atom. The highest BCUT2D eigenvalue weighted by atomic mass is 16.5. The maximum Gasteiger partial charge on any atom is 0.337 e. The number of carboxylic acids is 2. The van der Waals surface area contributed by atoms with Crippen LogP contribution < -0.4 is 19.3 Å². The second kappa shape index (κ2) is 11.0. The van der Waals surface area contributed by atoms with Crippen LogP contribution in [0.3, 0.4) is 0 Å². The Labute approximate surface area is 220 Å². The maximum absolute atomic E-state index is 11.7. The van der Waals surface area contributed by atoms with E-state index in [0.29, 0.717) is 34.2 Å².